The highest BCUT2D eigenvalue weighted by atomic mass is 35.5. The molecule has 93 heavy (non-hydrogen) atoms. The minimum absolute atomic E-state index is 0.111. The second-order valence-corrected chi connectivity index (χ2v) is 27.7. The van der Waals surface area contributed by atoms with E-state index < -0.39 is 26.7 Å². The van der Waals surface area contributed by atoms with E-state index in [1.54, 1.807) is 24.3 Å². The van der Waals surface area contributed by atoms with Crippen LogP contribution >= 0.6 is 23.2 Å². The first-order valence-electron chi connectivity index (χ1n) is 31.7. The molecule has 0 bridgehead atoms. The van der Waals surface area contributed by atoms with Crippen molar-refractivity contribution in [2.75, 3.05) is 0 Å². The molecular weight excluding hydrogens is 1190 g/mol. The summed E-state index contributed by atoms with van der Waals surface area (Å²) in [4.78, 5) is -0.607. The lowest BCUT2D eigenvalue weighted by Gasteiger charge is -2.38. The van der Waals surface area contributed by atoms with Crippen LogP contribution in [-0.4, -0.2) is 16.6 Å². The largest absolute Gasteiger partial charge is 0.490 e. The number of benzene rings is 9. The van der Waals surface area contributed by atoms with Crippen LogP contribution in [-0.2, 0) is 16.2 Å². The minimum atomic E-state index is -0.701. The van der Waals surface area contributed by atoms with Crippen LogP contribution in [0.3, 0.4) is 0 Å². The molecule has 0 saturated heterocycles. The summed E-state index contributed by atoms with van der Waals surface area (Å²) in [5.41, 5.74) is 7.84. The molecule has 0 amide bonds. The van der Waals surface area contributed by atoms with Crippen LogP contribution in [0.4, 0.5) is 0 Å². The van der Waals surface area contributed by atoms with Crippen molar-refractivity contribution in [3.8, 4) is 81.1 Å². The molecule has 4 unspecified atom stereocenters. The quantitative estimate of drug-likeness (QED) is 0.0646. The number of halogens is 2. The lowest BCUT2D eigenvalue weighted by Crippen LogP contribution is -2.41. The Morgan fingerprint density at radius 3 is 1.55 bits per heavy atom. The fourth-order valence-corrected chi connectivity index (χ4v) is 13.9. The van der Waals surface area contributed by atoms with Crippen molar-refractivity contribution >= 4 is 23.2 Å². The predicted molar refractivity (Wildman–Crippen MR) is 368 cm³/mol. The highest BCUT2D eigenvalue weighted by molar-refractivity contribution is 6.31. The number of rotatable bonds is 21. The van der Waals surface area contributed by atoms with Gasteiger partial charge < -0.3 is 28.4 Å². The van der Waals surface area contributed by atoms with Gasteiger partial charge in [0.2, 0.25) is 0 Å². The highest BCUT2D eigenvalue weighted by Crippen LogP contribution is 2.57. The summed E-state index contributed by atoms with van der Waals surface area (Å²) in [6, 6.07) is 74.9. The summed E-state index contributed by atoms with van der Waals surface area (Å²) < 4.78 is 39.1. The molecule has 0 spiro atoms. The Morgan fingerprint density at radius 1 is 0.505 bits per heavy atom. The zero-order valence-electron chi connectivity index (χ0n) is 53.8. The van der Waals surface area contributed by atoms with Crippen LogP contribution < -0.4 is 28.4 Å². The van der Waals surface area contributed by atoms with Crippen molar-refractivity contribution in [2.24, 2.45) is 17.8 Å². The zero-order valence-corrected chi connectivity index (χ0v) is 55.3. The highest BCUT2D eigenvalue weighted by Gasteiger charge is 2.50. The molecule has 466 valence electrons. The van der Waals surface area contributed by atoms with Gasteiger partial charge in [-0.25, -0.2) is 0 Å². The summed E-state index contributed by atoms with van der Waals surface area (Å²) in [6.07, 6.45) is 6.53. The van der Waals surface area contributed by atoms with Crippen molar-refractivity contribution in [1.82, 2.24) is 0 Å². The van der Waals surface area contributed by atoms with E-state index in [-0.39, 0.29) is 17.9 Å². The van der Waals surface area contributed by atoms with Crippen LogP contribution in [0.5, 0.6) is 51.7 Å². The van der Waals surface area contributed by atoms with Gasteiger partial charge in [-0.05, 0) is 207 Å². The molecule has 0 N–H and O–H groups in total. The first-order valence-corrected chi connectivity index (χ1v) is 32.4. The summed E-state index contributed by atoms with van der Waals surface area (Å²) in [5.74, 6) is 6.01. The van der Waals surface area contributed by atoms with E-state index in [2.05, 4.69) is 144 Å². The number of hydrogen-bond acceptors (Lipinski definition) is 9. The molecule has 0 aliphatic heterocycles. The molecule has 9 nitrogen and oxygen atoms in total. The third kappa shape index (κ3) is 12.1. The maximum Gasteiger partial charge on any atom is 0.145 e. The number of allylic oxidation sites excluding steroid dienone is 3. The first kappa shape index (κ1) is 63.5. The van der Waals surface area contributed by atoms with Crippen LogP contribution in [0, 0.1) is 51.7 Å². The van der Waals surface area contributed by atoms with E-state index >= 15 is 0 Å². The molecule has 3 aliphatic rings. The van der Waals surface area contributed by atoms with Crippen LogP contribution in [0.1, 0.15) is 126 Å². The molecular formula is C82H73Cl2N3O6. The molecule has 1 fully saturated rings. The second-order valence-electron chi connectivity index (χ2n) is 26.3. The van der Waals surface area contributed by atoms with E-state index in [0.717, 1.165) is 40.8 Å². The topological polar surface area (TPSA) is 127 Å². The van der Waals surface area contributed by atoms with Gasteiger partial charge >= 0.3 is 0 Å². The number of nitrogens with zero attached hydrogens (tertiary/aromatic N) is 3. The molecule has 4 atom stereocenters. The molecule has 11 heteroatoms. The van der Waals surface area contributed by atoms with Gasteiger partial charge in [-0.2, -0.15) is 15.8 Å². The first-order chi connectivity index (χ1) is 44.7. The minimum Gasteiger partial charge on any atom is -0.490 e. The van der Waals surface area contributed by atoms with Gasteiger partial charge in [0.25, 0.3) is 0 Å². The number of nitriles is 3. The fourth-order valence-electron chi connectivity index (χ4n) is 13.6. The SMILES string of the molecule is CC(C1CC=CC(Oc2ccc(C3(c4ccc(OC(C)C(C)(c5cccc(Cl)c5C#N)C5CC5)cc4)c4ccccc4-c4ccccc43)cc2)=C1C#N)C(C)(C)Oc1ccc(Oc2cccc(Oc3ccc(Oc4cccc(C(C)(C)C(C)(C)Cl)c4C#N)cc3)c2)cc1. The normalized spacial score (nSPS) is 16.2. The third-order valence-electron chi connectivity index (χ3n) is 20.0. The zero-order chi connectivity index (χ0) is 65.5. The Hall–Kier alpha value is -9.69. The predicted octanol–water partition coefficient (Wildman–Crippen LogP) is 21.5. The van der Waals surface area contributed by atoms with E-state index in [1.165, 1.54) is 22.3 Å². The van der Waals surface area contributed by atoms with E-state index in [0.29, 0.717) is 85.8 Å². The van der Waals surface area contributed by atoms with Gasteiger partial charge in [-0.15, -0.1) is 11.6 Å². The van der Waals surface area contributed by atoms with Gasteiger partial charge in [-0.3, -0.25) is 0 Å². The standard InChI is InChI=1S/C82H73Cl2N3O6/c1-52(79(5,6)93-62-46-44-59(45-47-62)90-64-19-14-18-63(48-64)89-58-40-42-61(43-41-58)92-77-29-17-25-71(70(77)51-87)78(3,4)80(7,8)84)65-22-15-28-76(68(65)49-85)91-60-38-34-56(35-39-60)82(73-23-12-10-20-66(73)67-21-11-13-24-74(67)82)55-32-36-57(37-33-55)88-53(2)81(9,54-30-31-54)72-26-16-27-75(83)69(72)50-86/h10-21,23-29,32-48,52-54,65H,22,30-31H2,1-9H3. The van der Waals surface area contributed by atoms with Gasteiger partial charge in [0, 0.05) is 33.6 Å². The number of fused-ring (bicyclic) bond motifs is 3. The molecule has 9 aromatic carbocycles. The summed E-state index contributed by atoms with van der Waals surface area (Å²) in [7, 11) is 0. The molecule has 9 aromatic rings. The maximum atomic E-state index is 10.9. The van der Waals surface area contributed by atoms with Gasteiger partial charge in [0.05, 0.1) is 33.2 Å². The number of alkyl halides is 1. The van der Waals surface area contributed by atoms with Crippen molar-refractivity contribution in [1.29, 1.82) is 15.8 Å². The summed E-state index contributed by atoms with van der Waals surface area (Å²) >= 11 is 13.4. The van der Waals surface area contributed by atoms with Gasteiger partial charge in [0.15, 0.2) is 0 Å². The molecule has 0 aromatic heterocycles. The van der Waals surface area contributed by atoms with E-state index in [4.69, 9.17) is 51.6 Å². The summed E-state index contributed by atoms with van der Waals surface area (Å²) in [5, 5.41) is 31.8. The van der Waals surface area contributed by atoms with Crippen molar-refractivity contribution in [2.45, 2.75) is 114 Å². The van der Waals surface area contributed by atoms with Crippen LogP contribution in [0.25, 0.3) is 11.1 Å². The second kappa shape index (κ2) is 25.4. The molecule has 0 radical (unpaired) electrons. The average molecular weight is 1270 g/mol. The van der Waals surface area contributed by atoms with Crippen molar-refractivity contribution < 1.29 is 28.4 Å². The van der Waals surface area contributed by atoms with Gasteiger partial charge in [0.1, 0.15) is 81.3 Å². The monoisotopic (exact) mass is 1270 g/mol. The van der Waals surface area contributed by atoms with Crippen LogP contribution in [0.15, 0.2) is 230 Å². The van der Waals surface area contributed by atoms with E-state index in [1.807, 2.05) is 131 Å². The lowest BCUT2D eigenvalue weighted by molar-refractivity contribution is 0.0306. The maximum absolute atomic E-state index is 10.9. The molecule has 0 heterocycles. The number of hydrogen-bond donors (Lipinski definition) is 0. The smallest absolute Gasteiger partial charge is 0.145 e. The fraction of sp³-hybridized carbons (Fsp3) is 0.256. The lowest BCUT2D eigenvalue weighted by atomic mass is 9.67. The van der Waals surface area contributed by atoms with Crippen molar-refractivity contribution in [3.63, 3.8) is 0 Å². The van der Waals surface area contributed by atoms with Gasteiger partial charge in [-0.1, -0.05) is 149 Å². The number of ether oxygens (including phenoxy) is 6. The third-order valence-corrected chi connectivity index (χ3v) is 20.8. The van der Waals surface area contributed by atoms with E-state index in [9.17, 15) is 15.8 Å². The Bertz CT molecular complexity index is 4420. The average Bonchev–Trinajstić information content (AvgIpc) is 1.56. The van der Waals surface area contributed by atoms with Crippen LogP contribution in [0.2, 0.25) is 5.02 Å². The summed E-state index contributed by atoms with van der Waals surface area (Å²) in [6.45, 7) is 18.5. The Morgan fingerprint density at radius 2 is 1.00 bits per heavy atom. The Labute approximate surface area is 556 Å². The Balaban J connectivity index is 0.714. The Kier molecular flexibility index (Phi) is 17.3. The van der Waals surface area contributed by atoms with Crippen molar-refractivity contribution in [3.05, 3.63) is 279 Å². The molecule has 1 saturated carbocycles. The molecule has 12 rings (SSSR count). The molecule has 3 aliphatic carbocycles.